The number of amides is 1. The van der Waals surface area contributed by atoms with Crippen LogP contribution >= 0.6 is 0 Å². The van der Waals surface area contributed by atoms with E-state index >= 15 is 0 Å². The Labute approximate surface area is 109 Å². The van der Waals surface area contributed by atoms with Crippen molar-refractivity contribution in [2.24, 2.45) is 4.99 Å². The van der Waals surface area contributed by atoms with Crippen LogP contribution in [0.5, 0.6) is 0 Å². The van der Waals surface area contributed by atoms with Gasteiger partial charge < -0.3 is 5.32 Å². The summed E-state index contributed by atoms with van der Waals surface area (Å²) in [6.07, 6.45) is -1.68. The van der Waals surface area contributed by atoms with Crippen molar-refractivity contribution in [1.29, 1.82) is 0 Å². The van der Waals surface area contributed by atoms with E-state index in [0.29, 0.717) is 18.1 Å². The van der Waals surface area contributed by atoms with Crippen molar-refractivity contribution in [3.05, 3.63) is 35.4 Å². The standard InChI is InChI=1S/C13H15F2N3O/c1-2-6-16-13-17-10(12(19)18-13)8-4-3-5-9(7-8)11(14)15/h3-5,7,10-11H,2,6H2,1H3,(H2,16,17,18,19). The molecule has 4 nitrogen and oxygen atoms in total. The maximum Gasteiger partial charge on any atom is 0.263 e. The Bertz CT molecular complexity index is 502. The Balaban J connectivity index is 2.18. The number of carbonyl (C=O) groups is 1. The molecule has 0 aliphatic carbocycles. The Hall–Kier alpha value is -1.98. The normalized spacial score (nSPS) is 20.7. The molecule has 0 radical (unpaired) electrons. The number of benzene rings is 1. The number of halogens is 2. The molecule has 2 N–H and O–H groups in total. The van der Waals surface area contributed by atoms with E-state index < -0.39 is 12.5 Å². The predicted molar refractivity (Wildman–Crippen MR) is 68.0 cm³/mol. The average molecular weight is 267 g/mol. The smallest absolute Gasteiger partial charge is 0.263 e. The van der Waals surface area contributed by atoms with Gasteiger partial charge in [0.15, 0.2) is 5.96 Å². The molecule has 6 heteroatoms. The van der Waals surface area contributed by atoms with E-state index in [1.165, 1.54) is 18.2 Å². The molecule has 1 heterocycles. The molecule has 0 aromatic heterocycles. The fourth-order valence-electron chi connectivity index (χ4n) is 1.85. The van der Waals surface area contributed by atoms with Gasteiger partial charge >= 0.3 is 0 Å². The van der Waals surface area contributed by atoms with E-state index in [9.17, 15) is 13.6 Å². The largest absolute Gasteiger partial charge is 0.340 e. The molecule has 1 aliphatic rings. The second-order valence-corrected chi connectivity index (χ2v) is 4.27. The van der Waals surface area contributed by atoms with Gasteiger partial charge in [-0.05, 0) is 18.1 Å². The number of hydrogen-bond donors (Lipinski definition) is 2. The highest BCUT2D eigenvalue weighted by atomic mass is 19.3. The third-order valence-corrected chi connectivity index (χ3v) is 2.77. The van der Waals surface area contributed by atoms with Gasteiger partial charge in [0.2, 0.25) is 0 Å². The summed E-state index contributed by atoms with van der Waals surface area (Å²) in [7, 11) is 0. The van der Waals surface area contributed by atoms with Gasteiger partial charge in [-0.1, -0.05) is 25.1 Å². The summed E-state index contributed by atoms with van der Waals surface area (Å²) in [5, 5.41) is 5.50. The van der Waals surface area contributed by atoms with Crippen molar-refractivity contribution >= 4 is 11.9 Å². The van der Waals surface area contributed by atoms with Gasteiger partial charge in [0, 0.05) is 12.1 Å². The lowest BCUT2D eigenvalue weighted by molar-refractivity contribution is -0.120. The van der Waals surface area contributed by atoms with Crippen LogP contribution in [0.4, 0.5) is 8.78 Å². The predicted octanol–water partition coefficient (Wildman–Crippen LogP) is 2.15. The molecule has 1 atom stereocenters. The fraction of sp³-hybridized carbons (Fsp3) is 0.385. The van der Waals surface area contributed by atoms with Gasteiger partial charge in [0.05, 0.1) is 0 Å². The van der Waals surface area contributed by atoms with Crippen molar-refractivity contribution in [2.45, 2.75) is 25.8 Å². The molecule has 2 rings (SSSR count). The van der Waals surface area contributed by atoms with E-state index in [-0.39, 0.29) is 11.5 Å². The summed E-state index contributed by atoms with van der Waals surface area (Å²) in [5.41, 5.74) is 0.419. The van der Waals surface area contributed by atoms with Crippen molar-refractivity contribution < 1.29 is 13.6 Å². The third-order valence-electron chi connectivity index (χ3n) is 2.77. The average Bonchev–Trinajstić information content (AvgIpc) is 2.77. The SMILES string of the molecule is CCCN=C1NC(=O)C(c2cccc(C(F)F)c2)N1. The van der Waals surface area contributed by atoms with E-state index in [0.717, 1.165) is 6.42 Å². The third kappa shape index (κ3) is 3.07. The van der Waals surface area contributed by atoms with Crippen LogP contribution < -0.4 is 10.6 Å². The highest BCUT2D eigenvalue weighted by Gasteiger charge is 2.29. The lowest BCUT2D eigenvalue weighted by atomic mass is 10.0. The van der Waals surface area contributed by atoms with Gasteiger partial charge in [-0.25, -0.2) is 8.78 Å². The van der Waals surface area contributed by atoms with Crippen molar-refractivity contribution in [3.63, 3.8) is 0 Å². The molecule has 0 saturated carbocycles. The fourth-order valence-corrected chi connectivity index (χ4v) is 1.85. The number of rotatable bonds is 4. The first-order chi connectivity index (χ1) is 9.11. The second-order valence-electron chi connectivity index (χ2n) is 4.27. The molecule has 1 amide bonds. The molecule has 1 aromatic carbocycles. The highest BCUT2D eigenvalue weighted by molar-refractivity contribution is 6.06. The van der Waals surface area contributed by atoms with Gasteiger partial charge in [0.25, 0.3) is 12.3 Å². The van der Waals surface area contributed by atoms with Crippen LogP contribution in [-0.4, -0.2) is 18.4 Å². The molecule has 1 unspecified atom stereocenters. The molecular weight excluding hydrogens is 252 g/mol. The van der Waals surface area contributed by atoms with Gasteiger partial charge in [-0.15, -0.1) is 0 Å². The summed E-state index contributed by atoms with van der Waals surface area (Å²) >= 11 is 0. The van der Waals surface area contributed by atoms with Crippen LogP contribution in [0.3, 0.4) is 0 Å². The molecule has 0 bridgehead atoms. The van der Waals surface area contributed by atoms with Crippen molar-refractivity contribution in [3.8, 4) is 0 Å². The van der Waals surface area contributed by atoms with Crippen LogP contribution in [0.2, 0.25) is 0 Å². The summed E-state index contributed by atoms with van der Waals surface area (Å²) < 4.78 is 25.3. The van der Waals surface area contributed by atoms with Crippen LogP contribution in [0, 0.1) is 0 Å². The molecular formula is C13H15F2N3O. The van der Waals surface area contributed by atoms with Crippen LogP contribution in [0.1, 0.15) is 36.9 Å². The minimum Gasteiger partial charge on any atom is -0.340 e. The zero-order chi connectivity index (χ0) is 13.8. The Kier molecular flexibility index (Phi) is 4.09. The molecule has 0 spiro atoms. The maximum absolute atomic E-state index is 12.6. The van der Waals surface area contributed by atoms with E-state index in [1.54, 1.807) is 6.07 Å². The van der Waals surface area contributed by atoms with E-state index in [1.807, 2.05) is 6.92 Å². The number of nitrogens with one attached hydrogen (secondary N) is 2. The molecule has 102 valence electrons. The highest BCUT2D eigenvalue weighted by Crippen LogP contribution is 2.23. The summed E-state index contributed by atoms with van der Waals surface area (Å²) in [6, 6.07) is 5.19. The number of guanidine groups is 1. The van der Waals surface area contributed by atoms with E-state index in [4.69, 9.17) is 0 Å². The lowest BCUT2D eigenvalue weighted by Gasteiger charge is -2.09. The quantitative estimate of drug-likeness (QED) is 0.878. The Morgan fingerprint density at radius 2 is 2.21 bits per heavy atom. The zero-order valence-electron chi connectivity index (χ0n) is 10.5. The summed E-state index contributed by atoms with van der Waals surface area (Å²) in [4.78, 5) is 15.9. The number of nitrogens with zero attached hydrogens (tertiary/aromatic N) is 1. The topological polar surface area (TPSA) is 53.5 Å². The number of carbonyl (C=O) groups excluding carboxylic acids is 1. The van der Waals surface area contributed by atoms with Gasteiger partial charge in [-0.2, -0.15) is 0 Å². The first-order valence-corrected chi connectivity index (χ1v) is 6.11. The first kappa shape index (κ1) is 13.5. The Morgan fingerprint density at radius 1 is 1.42 bits per heavy atom. The van der Waals surface area contributed by atoms with E-state index in [2.05, 4.69) is 15.6 Å². The first-order valence-electron chi connectivity index (χ1n) is 6.11. The molecule has 1 aliphatic heterocycles. The molecule has 1 fully saturated rings. The van der Waals surface area contributed by atoms with Crippen molar-refractivity contribution in [1.82, 2.24) is 10.6 Å². The minimum atomic E-state index is -2.54. The maximum atomic E-state index is 12.6. The van der Waals surface area contributed by atoms with Crippen LogP contribution in [-0.2, 0) is 4.79 Å². The second kappa shape index (κ2) is 5.77. The van der Waals surface area contributed by atoms with Gasteiger partial charge in [-0.3, -0.25) is 15.1 Å². The number of hydrogen-bond acceptors (Lipinski definition) is 2. The zero-order valence-corrected chi connectivity index (χ0v) is 10.5. The molecule has 19 heavy (non-hydrogen) atoms. The summed E-state index contributed by atoms with van der Waals surface area (Å²) in [5.74, 6) is 0.126. The molecule has 1 aromatic rings. The van der Waals surface area contributed by atoms with Gasteiger partial charge in [0.1, 0.15) is 6.04 Å². The minimum absolute atomic E-state index is 0.0916. The van der Waals surface area contributed by atoms with Crippen molar-refractivity contribution in [2.75, 3.05) is 6.54 Å². The molecule has 1 saturated heterocycles. The Morgan fingerprint density at radius 3 is 2.89 bits per heavy atom. The monoisotopic (exact) mass is 267 g/mol. The van der Waals surface area contributed by atoms with Crippen LogP contribution in [0.25, 0.3) is 0 Å². The number of alkyl halides is 2. The lowest BCUT2D eigenvalue weighted by Crippen LogP contribution is -2.25. The number of aliphatic imine (C=N–C) groups is 1. The van der Waals surface area contributed by atoms with Crippen LogP contribution in [0.15, 0.2) is 29.3 Å². The summed E-state index contributed by atoms with van der Waals surface area (Å²) in [6.45, 7) is 2.58.